The Morgan fingerprint density at radius 1 is 1.18 bits per heavy atom. The van der Waals surface area contributed by atoms with Crippen LogP contribution in [0.25, 0.3) is 0 Å². The van der Waals surface area contributed by atoms with Crippen LogP contribution in [0.1, 0.15) is 32.3 Å². The molecule has 0 bridgehead atoms. The summed E-state index contributed by atoms with van der Waals surface area (Å²) in [5.41, 5.74) is 9.74. The molecule has 0 aliphatic carbocycles. The Bertz CT molecular complexity index is 891. The van der Waals surface area contributed by atoms with Gasteiger partial charge in [-0.05, 0) is 30.9 Å². The molecule has 14 nitrogen and oxygen atoms in total. The van der Waals surface area contributed by atoms with Crippen molar-refractivity contribution in [1.82, 2.24) is 10.6 Å². The van der Waals surface area contributed by atoms with Gasteiger partial charge in [-0.25, -0.2) is 9.59 Å². The van der Waals surface area contributed by atoms with Crippen LogP contribution < -0.4 is 27.4 Å². The number of hydrogen-bond donors (Lipinski definition) is 6. The van der Waals surface area contributed by atoms with Gasteiger partial charge in [0.25, 0.3) is 11.6 Å². The van der Waals surface area contributed by atoms with E-state index < -0.39 is 59.2 Å². The molecule has 1 rings (SSSR count). The van der Waals surface area contributed by atoms with Gasteiger partial charge in [0.05, 0.1) is 17.1 Å². The summed E-state index contributed by atoms with van der Waals surface area (Å²) < 4.78 is 4.82. The SMILES string of the molecule is CC(C)[C@H](OC(N)=O)C(=O)N[C@@H](CCCNC(N)=O)C(=O)Nc1ccc(CO)c([N+](=O)[O-])c1. The molecule has 1 aromatic carbocycles. The highest BCUT2D eigenvalue weighted by atomic mass is 16.6. The number of nitro benzene ring substituents is 1. The number of carbonyl (C=O) groups excluding carboxylic acids is 4. The molecule has 0 aliphatic heterocycles. The van der Waals surface area contributed by atoms with Crippen LogP contribution in [0.5, 0.6) is 0 Å². The molecule has 0 heterocycles. The number of aliphatic hydroxyl groups excluding tert-OH is 1. The summed E-state index contributed by atoms with van der Waals surface area (Å²) in [5.74, 6) is -1.94. The third kappa shape index (κ3) is 8.98. The van der Waals surface area contributed by atoms with Gasteiger partial charge in [0.1, 0.15) is 6.04 Å². The molecule has 0 fully saturated rings. The maximum atomic E-state index is 12.8. The smallest absolute Gasteiger partial charge is 0.405 e. The maximum absolute atomic E-state index is 12.8. The average molecular weight is 468 g/mol. The third-order valence-electron chi connectivity index (χ3n) is 4.43. The number of nitrogens with one attached hydrogen (secondary N) is 3. The molecular formula is C19H28N6O8. The Kier molecular flexibility index (Phi) is 10.5. The molecular weight excluding hydrogens is 440 g/mol. The number of anilines is 1. The van der Waals surface area contributed by atoms with Crippen LogP contribution in [0, 0.1) is 16.0 Å². The number of carbonyl (C=O) groups is 4. The van der Waals surface area contributed by atoms with Crippen LogP contribution in [0.15, 0.2) is 18.2 Å². The number of nitrogens with zero attached hydrogens (tertiary/aromatic N) is 1. The minimum absolute atomic E-state index is 0.0516. The van der Waals surface area contributed by atoms with Gasteiger partial charge < -0.3 is 37.3 Å². The number of nitro groups is 1. The number of nitrogens with two attached hydrogens (primary N) is 2. The maximum Gasteiger partial charge on any atom is 0.405 e. The van der Waals surface area contributed by atoms with Crippen molar-refractivity contribution in [3.63, 3.8) is 0 Å². The van der Waals surface area contributed by atoms with E-state index in [1.54, 1.807) is 13.8 Å². The van der Waals surface area contributed by atoms with Gasteiger partial charge in [0.15, 0.2) is 6.10 Å². The van der Waals surface area contributed by atoms with E-state index in [2.05, 4.69) is 16.0 Å². The first-order chi connectivity index (χ1) is 15.5. The van der Waals surface area contributed by atoms with E-state index in [1.165, 1.54) is 12.1 Å². The third-order valence-corrected chi connectivity index (χ3v) is 4.43. The Hall–Kier alpha value is -3.94. The number of ether oxygens (including phenoxy) is 1. The van der Waals surface area contributed by atoms with Gasteiger partial charge in [-0.1, -0.05) is 13.8 Å². The van der Waals surface area contributed by atoms with Crippen LogP contribution in [0.3, 0.4) is 0 Å². The van der Waals surface area contributed by atoms with Crippen molar-refractivity contribution in [3.05, 3.63) is 33.9 Å². The zero-order chi connectivity index (χ0) is 25.1. The number of hydrogen-bond acceptors (Lipinski definition) is 8. The van der Waals surface area contributed by atoms with Crippen molar-refractivity contribution in [1.29, 1.82) is 0 Å². The average Bonchev–Trinajstić information content (AvgIpc) is 2.73. The predicted octanol–water partition coefficient (Wildman–Crippen LogP) is 0.0788. The molecule has 8 N–H and O–H groups in total. The molecule has 182 valence electrons. The highest BCUT2D eigenvalue weighted by molar-refractivity contribution is 5.98. The number of aliphatic hydroxyl groups is 1. The van der Waals surface area contributed by atoms with Crippen LogP contribution in [-0.4, -0.2) is 52.7 Å². The summed E-state index contributed by atoms with van der Waals surface area (Å²) in [5, 5.41) is 27.7. The first kappa shape index (κ1) is 27.1. The summed E-state index contributed by atoms with van der Waals surface area (Å²) in [6.45, 7) is 2.78. The Morgan fingerprint density at radius 2 is 1.85 bits per heavy atom. The lowest BCUT2D eigenvalue weighted by atomic mass is 10.0. The van der Waals surface area contributed by atoms with E-state index in [9.17, 15) is 34.4 Å². The molecule has 33 heavy (non-hydrogen) atoms. The summed E-state index contributed by atoms with van der Waals surface area (Å²) in [4.78, 5) is 57.9. The molecule has 5 amide bonds. The molecule has 14 heteroatoms. The van der Waals surface area contributed by atoms with Crippen LogP contribution in [0.2, 0.25) is 0 Å². The fourth-order valence-electron chi connectivity index (χ4n) is 2.83. The lowest BCUT2D eigenvalue weighted by Gasteiger charge is -2.24. The molecule has 0 spiro atoms. The summed E-state index contributed by atoms with van der Waals surface area (Å²) in [6.07, 6.45) is -2.12. The van der Waals surface area contributed by atoms with Crippen LogP contribution in [-0.2, 0) is 20.9 Å². The number of primary amides is 2. The van der Waals surface area contributed by atoms with Gasteiger partial charge in [0.2, 0.25) is 5.91 Å². The zero-order valence-electron chi connectivity index (χ0n) is 18.2. The zero-order valence-corrected chi connectivity index (χ0v) is 18.2. The number of benzene rings is 1. The highest BCUT2D eigenvalue weighted by Crippen LogP contribution is 2.23. The van der Waals surface area contributed by atoms with Crippen molar-refractivity contribution in [2.75, 3.05) is 11.9 Å². The Morgan fingerprint density at radius 3 is 2.36 bits per heavy atom. The molecule has 0 saturated heterocycles. The van der Waals surface area contributed by atoms with E-state index in [1.807, 2.05) is 0 Å². The fraction of sp³-hybridized carbons (Fsp3) is 0.474. The van der Waals surface area contributed by atoms with Crippen molar-refractivity contribution in [2.24, 2.45) is 17.4 Å². The second-order valence-corrected chi connectivity index (χ2v) is 7.34. The van der Waals surface area contributed by atoms with E-state index in [0.717, 1.165) is 6.07 Å². The van der Waals surface area contributed by atoms with Crippen molar-refractivity contribution < 1.29 is 33.9 Å². The molecule has 0 unspecified atom stereocenters. The highest BCUT2D eigenvalue weighted by Gasteiger charge is 2.30. The van der Waals surface area contributed by atoms with Gasteiger partial charge in [-0.3, -0.25) is 19.7 Å². The molecule has 0 radical (unpaired) electrons. The first-order valence-electron chi connectivity index (χ1n) is 9.95. The minimum Gasteiger partial charge on any atom is -0.436 e. The second-order valence-electron chi connectivity index (χ2n) is 7.34. The van der Waals surface area contributed by atoms with Crippen LogP contribution >= 0.6 is 0 Å². The molecule has 2 atom stereocenters. The van der Waals surface area contributed by atoms with Crippen molar-refractivity contribution >= 4 is 35.3 Å². The largest absolute Gasteiger partial charge is 0.436 e. The van der Waals surface area contributed by atoms with E-state index in [0.29, 0.717) is 0 Å². The number of urea groups is 1. The predicted molar refractivity (Wildman–Crippen MR) is 116 cm³/mol. The van der Waals surface area contributed by atoms with E-state index in [-0.39, 0.29) is 30.6 Å². The lowest BCUT2D eigenvalue weighted by molar-refractivity contribution is -0.385. The summed E-state index contributed by atoms with van der Waals surface area (Å²) in [7, 11) is 0. The van der Waals surface area contributed by atoms with Crippen molar-refractivity contribution in [2.45, 2.75) is 45.4 Å². The number of rotatable bonds is 12. The second kappa shape index (κ2) is 12.8. The lowest BCUT2D eigenvalue weighted by Crippen LogP contribution is -2.50. The normalized spacial score (nSPS) is 12.4. The Balaban J connectivity index is 3.04. The van der Waals surface area contributed by atoms with Gasteiger partial charge in [-0.15, -0.1) is 0 Å². The van der Waals surface area contributed by atoms with E-state index >= 15 is 0 Å². The first-order valence-corrected chi connectivity index (χ1v) is 9.95. The van der Waals surface area contributed by atoms with E-state index in [4.69, 9.17) is 16.2 Å². The number of amides is 5. The van der Waals surface area contributed by atoms with Crippen LogP contribution in [0.4, 0.5) is 21.0 Å². The summed E-state index contributed by atoms with van der Waals surface area (Å²) in [6, 6.07) is 1.81. The monoisotopic (exact) mass is 468 g/mol. The van der Waals surface area contributed by atoms with Gasteiger partial charge in [0, 0.05) is 18.3 Å². The standard InChI is InChI=1S/C19H28N6O8/c1-10(2)15(33-19(21)30)17(28)24-13(4-3-7-22-18(20)29)16(27)23-12-6-5-11(9-26)14(8-12)25(31)32/h5-6,8,10,13,15,26H,3-4,7,9H2,1-2H3,(H2,21,30)(H,23,27)(H,24,28)(H3,20,22,29)/t13-,15-/m0/s1. The van der Waals surface area contributed by atoms with Crippen molar-refractivity contribution in [3.8, 4) is 0 Å². The van der Waals surface area contributed by atoms with Gasteiger partial charge >= 0.3 is 12.1 Å². The molecule has 0 aliphatic rings. The molecule has 0 saturated carbocycles. The minimum atomic E-state index is -1.26. The fourth-order valence-corrected chi connectivity index (χ4v) is 2.83. The van der Waals surface area contributed by atoms with Gasteiger partial charge in [-0.2, -0.15) is 0 Å². The quantitative estimate of drug-likeness (QED) is 0.139. The molecule has 1 aromatic rings. The molecule has 0 aromatic heterocycles. The summed E-state index contributed by atoms with van der Waals surface area (Å²) >= 11 is 0. The topological polar surface area (TPSA) is 229 Å². The Labute approximate surface area is 189 Å².